The van der Waals surface area contributed by atoms with E-state index in [4.69, 9.17) is 5.11 Å². The molecule has 0 bridgehead atoms. The number of unbranched alkanes of at least 4 members (excludes halogenated alkanes) is 2. The first-order valence-corrected chi connectivity index (χ1v) is 8.22. The van der Waals surface area contributed by atoms with Crippen LogP contribution in [0.25, 0.3) is 0 Å². The molecule has 1 unspecified atom stereocenters. The number of likely N-dealkylation sites (N-methyl/N-ethyl adjacent to an activating group) is 1. The highest BCUT2D eigenvalue weighted by Crippen LogP contribution is 2.21. The molecule has 1 N–H and O–H groups in total. The summed E-state index contributed by atoms with van der Waals surface area (Å²) in [6, 6.07) is -0.832. The Morgan fingerprint density at radius 2 is 1.71 bits per heavy atom. The van der Waals surface area contributed by atoms with E-state index in [-0.39, 0.29) is 18.2 Å². The maximum atomic E-state index is 12.2. The summed E-state index contributed by atoms with van der Waals surface area (Å²) in [7, 11) is 3.20. The molecule has 1 atom stereocenters. The summed E-state index contributed by atoms with van der Waals surface area (Å²) >= 11 is 0. The van der Waals surface area contributed by atoms with Gasteiger partial charge in [-0.15, -0.1) is 0 Å². The van der Waals surface area contributed by atoms with Gasteiger partial charge < -0.3 is 19.7 Å². The summed E-state index contributed by atoms with van der Waals surface area (Å²) in [6.45, 7) is 5.54. The van der Waals surface area contributed by atoms with Crippen LogP contribution in [0.2, 0.25) is 0 Å². The fourth-order valence-corrected chi connectivity index (χ4v) is 2.27. The second kappa shape index (κ2) is 10.1. The van der Waals surface area contributed by atoms with E-state index in [9.17, 15) is 19.2 Å². The van der Waals surface area contributed by atoms with Gasteiger partial charge in [0.25, 0.3) is 0 Å². The molecule has 0 heterocycles. The van der Waals surface area contributed by atoms with E-state index in [0.717, 1.165) is 19.1 Å². The topological polar surface area (TPSA) is 95.0 Å². The van der Waals surface area contributed by atoms with Gasteiger partial charge in [0.15, 0.2) is 0 Å². The van der Waals surface area contributed by atoms with Gasteiger partial charge in [-0.3, -0.25) is 9.59 Å². The lowest BCUT2D eigenvalue weighted by molar-refractivity contribution is -0.148. The van der Waals surface area contributed by atoms with Crippen molar-refractivity contribution in [2.24, 2.45) is 5.41 Å². The van der Waals surface area contributed by atoms with E-state index in [2.05, 4.69) is 0 Å². The number of carboxylic acid groups (broad SMARTS) is 1. The predicted molar refractivity (Wildman–Crippen MR) is 90.4 cm³/mol. The van der Waals surface area contributed by atoms with Crippen molar-refractivity contribution in [3.05, 3.63) is 0 Å². The smallest absolute Gasteiger partial charge is 0.326 e. The molecule has 0 aromatic heterocycles. The third kappa shape index (κ3) is 7.10. The van der Waals surface area contributed by atoms with Gasteiger partial charge in [-0.25, -0.2) is 4.79 Å². The van der Waals surface area contributed by atoms with E-state index in [1.807, 2.05) is 0 Å². The minimum absolute atomic E-state index is 0.0688. The third-order valence-electron chi connectivity index (χ3n) is 4.24. The van der Waals surface area contributed by atoms with Crippen LogP contribution >= 0.6 is 0 Å². The van der Waals surface area contributed by atoms with Crippen molar-refractivity contribution in [3.63, 3.8) is 0 Å². The number of aliphatic carboxylic acids is 1. The van der Waals surface area contributed by atoms with Crippen LogP contribution in [0.5, 0.6) is 0 Å². The van der Waals surface area contributed by atoms with E-state index >= 15 is 0 Å². The van der Waals surface area contributed by atoms with E-state index in [0.29, 0.717) is 19.4 Å². The second-order valence-corrected chi connectivity index (χ2v) is 6.81. The maximum absolute atomic E-state index is 12.2. The summed E-state index contributed by atoms with van der Waals surface area (Å²) in [5.74, 6) is -1.29. The number of rotatable bonds is 11. The quantitative estimate of drug-likeness (QED) is 0.454. The molecule has 2 amide bonds. The molecule has 138 valence electrons. The Kier molecular flexibility index (Phi) is 9.25. The number of carbonyl (C=O) groups is 4. The minimum atomic E-state index is -1.02. The van der Waals surface area contributed by atoms with Crippen LogP contribution in [-0.2, 0) is 19.2 Å². The molecule has 0 aliphatic rings. The molecule has 0 radical (unpaired) electrons. The van der Waals surface area contributed by atoms with Gasteiger partial charge in [0.05, 0.1) is 5.41 Å². The maximum Gasteiger partial charge on any atom is 0.326 e. The standard InChI is InChI=1S/C17H30N2O5/c1-13(15(22)23)19(5)14(21)9-7-6-8-11-18(4)16(24)17(2,3)10-12-20/h12-13H,6-11H2,1-5H3,(H,22,23). The summed E-state index contributed by atoms with van der Waals surface area (Å²) in [4.78, 5) is 48.4. The van der Waals surface area contributed by atoms with Crippen LogP contribution in [0.1, 0.15) is 52.9 Å². The summed E-state index contributed by atoms with van der Waals surface area (Å²) in [5, 5.41) is 8.87. The van der Waals surface area contributed by atoms with Crippen LogP contribution in [0, 0.1) is 5.41 Å². The zero-order valence-corrected chi connectivity index (χ0v) is 15.4. The van der Waals surface area contributed by atoms with Gasteiger partial charge >= 0.3 is 5.97 Å². The Balaban J connectivity index is 4.10. The first-order chi connectivity index (χ1) is 11.0. The van der Waals surface area contributed by atoms with Crippen molar-refractivity contribution < 1.29 is 24.3 Å². The average molecular weight is 342 g/mol. The van der Waals surface area contributed by atoms with Crippen molar-refractivity contribution >= 4 is 24.1 Å². The van der Waals surface area contributed by atoms with Gasteiger partial charge in [-0.05, 0) is 19.8 Å². The number of carbonyl (C=O) groups excluding carboxylic acids is 3. The van der Waals surface area contributed by atoms with Crippen molar-refractivity contribution in [1.82, 2.24) is 9.80 Å². The Morgan fingerprint density at radius 3 is 2.21 bits per heavy atom. The molecule has 0 aromatic carbocycles. The number of hydrogen-bond acceptors (Lipinski definition) is 4. The SMILES string of the molecule is CC(C(=O)O)N(C)C(=O)CCCCCN(C)C(=O)C(C)(C)CC=O. The molecule has 0 rings (SSSR count). The van der Waals surface area contributed by atoms with E-state index < -0.39 is 17.4 Å². The first kappa shape index (κ1) is 22.1. The number of nitrogens with zero attached hydrogens (tertiary/aromatic N) is 2. The Bertz CT molecular complexity index is 462. The molecule has 0 fully saturated rings. The molecular weight excluding hydrogens is 312 g/mol. The van der Waals surface area contributed by atoms with Crippen LogP contribution in [0.15, 0.2) is 0 Å². The van der Waals surface area contributed by atoms with E-state index in [1.54, 1.807) is 25.8 Å². The second-order valence-electron chi connectivity index (χ2n) is 6.81. The lowest BCUT2D eigenvalue weighted by Crippen LogP contribution is -2.40. The molecule has 7 heteroatoms. The molecule has 24 heavy (non-hydrogen) atoms. The van der Waals surface area contributed by atoms with Gasteiger partial charge in [0.2, 0.25) is 11.8 Å². The highest BCUT2D eigenvalue weighted by atomic mass is 16.4. The average Bonchev–Trinajstić information content (AvgIpc) is 2.51. The summed E-state index contributed by atoms with van der Waals surface area (Å²) in [5.41, 5.74) is -0.692. The van der Waals surface area contributed by atoms with Crippen molar-refractivity contribution in [2.45, 2.75) is 58.9 Å². The lowest BCUT2D eigenvalue weighted by Gasteiger charge is -2.27. The number of hydrogen-bond donors (Lipinski definition) is 1. The number of carboxylic acids is 1. The van der Waals surface area contributed by atoms with Crippen molar-refractivity contribution in [3.8, 4) is 0 Å². The molecule has 7 nitrogen and oxygen atoms in total. The molecule has 0 spiro atoms. The molecule has 0 aliphatic heterocycles. The normalized spacial score (nSPS) is 12.4. The monoisotopic (exact) mass is 342 g/mol. The van der Waals surface area contributed by atoms with Gasteiger partial charge in [0, 0.05) is 33.5 Å². The number of aldehydes is 1. The molecular formula is C17H30N2O5. The highest BCUT2D eigenvalue weighted by molar-refractivity contribution is 5.84. The number of amides is 2. The van der Waals surface area contributed by atoms with Crippen molar-refractivity contribution in [2.75, 3.05) is 20.6 Å². The first-order valence-electron chi connectivity index (χ1n) is 8.22. The van der Waals surface area contributed by atoms with Gasteiger partial charge in [0.1, 0.15) is 12.3 Å². The fourth-order valence-electron chi connectivity index (χ4n) is 2.27. The highest BCUT2D eigenvalue weighted by Gasteiger charge is 2.29. The summed E-state index contributed by atoms with van der Waals surface area (Å²) < 4.78 is 0. The zero-order chi connectivity index (χ0) is 18.9. The lowest BCUT2D eigenvalue weighted by atomic mass is 9.88. The zero-order valence-electron chi connectivity index (χ0n) is 15.4. The summed E-state index contributed by atoms with van der Waals surface area (Å²) in [6.07, 6.45) is 3.42. The Morgan fingerprint density at radius 1 is 1.12 bits per heavy atom. The largest absolute Gasteiger partial charge is 0.480 e. The molecule has 0 saturated carbocycles. The Hall–Kier alpha value is -1.92. The Labute approximate surface area is 144 Å². The van der Waals surface area contributed by atoms with Crippen molar-refractivity contribution in [1.29, 1.82) is 0 Å². The van der Waals surface area contributed by atoms with Crippen LogP contribution in [0.4, 0.5) is 0 Å². The van der Waals surface area contributed by atoms with Crippen LogP contribution in [0.3, 0.4) is 0 Å². The molecule has 0 aliphatic carbocycles. The minimum Gasteiger partial charge on any atom is -0.480 e. The van der Waals surface area contributed by atoms with Crippen LogP contribution in [-0.4, -0.2) is 65.7 Å². The fraction of sp³-hybridized carbons (Fsp3) is 0.765. The third-order valence-corrected chi connectivity index (χ3v) is 4.24. The predicted octanol–water partition coefficient (Wildman–Crippen LogP) is 1.55. The van der Waals surface area contributed by atoms with E-state index in [1.165, 1.54) is 18.9 Å². The molecule has 0 aromatic rings. The van der Waals surface area contributed by atoms with Gasteiger partial charge in [-0.1, -0.05) is 20.3 Å². The van der Waals surface area contributed by atoms with Gasteiger partial charge in [-0.2, -0.15) is 0 Å². The molecule has 0 saturated heterocycles. The van der Waals surface area contributed by atoms with Crippen LogP contribution < -0.4 is 0 Å².